The third kappa shape index (κ3) is 6.70. The maximum Gasteiger partial charge on any atom is 0.333 e. The van der Waals surface area contributed by atoms with Crippen LogP contribution in [-0.2, 0) is 9.53 Å². The first-order valence-electron chi connectivity index (χ1n) is 5.56. The second-order valence-corrected chi connectivity index (χ2v) is 3.49. The lowest BCUT2D eigenvalue weighted by Crippen LogP contribution is -2.06. The van der Waals surface area contributed by atoms with Crippen molar-refractivity contribution in [2.24, 2.45) is 0 Å². The molecule has 0 fully saturated rings. The van der Waals surface area contributed by atoms with Crippen LogP contribution in [0.5, 0.6) is 0 Å². The molecule has 0 aliphatic heterocycles. The first kappa shape index (κ1) is 13.2. The lowest BCUT2D eigenvalue weighted by atomic mass is 10.2. The molecule has 0 aromatic carbocycles. The second-order valence-electron chi connectivity index (χ2n) is 3.49. The zero-order valence-electron chi connectivity index (χ0n) is 9.64. The van der Waals surface area contributed by atoms with Crippen LogP contribution in [0.15, 0.2) is 11.6 Å². The van der Waals surface area contributed by atoms with Gasteiger partial charge >= 0.3 is 5.97 Å². The largest absolute Gasteiger partial charge is 0.462 e. The van der Waals surface area contributed by atoms with E-state index in [2.05, 4.69) is 6.92 Å². The number of hydrogen-bond donors (Lipinski definition) is 0. The third-order valence-electron chi connectivity index (χ3n) is 2.06. The van der Waals surface area contributed by atoms with Gasteiger partial charge < -0.3 is 4.74 Å². The molecule has 0 heterocycles. The van der Waals surface area contributed by atoms with E-state index in [0.29, 0.717) is 6.61 Å². The summed E-state index contributed by atoms with van der Waals surface area (Å²) in [7, 11) is 0. The van der Waals surface area contributed by atoms with Gasteiger partial charge in [0.2, 0.25) is 0 Å². The molecule has 0 aromatic rings. The van der Waals surface area contributed by atoms with Crippen LogP contribution >= 0.6 is 0 Å². The maximum atomic E-state index is 11.3. The summed E-state index contributed by atoms with van der Waals surface area (Å²) < 4.78 is 5.10. The van der Waals surface area contributed by atoms with E-state index in [4.69, 9.17) is 4.74 Å². The van der Waals surface area contributed by atoms with Crippen LogP contribution in [0.3, 0.4) is 0 Å². The second kappa shape index (κ2) is 8.79. The van der Waals surface area contributed by atoms with E-state index in [9.17, 15) is 4.79 Å². The molecule has 0 rings (SSSR count). The van der Waals surface area contributed by atoms with Crippen molar-refractivity contribution < 1.29 is 9.53 Å². The van der Waals surface area contributed by atoms with E-state index in [1.54, 1.807) is 6.92 Å². The summed E-state index contributed by atoms with van der Waals surface area (Å²) in [5, 5.41) is 0. The summed E-state index contributed by atoms with van der Waals surface area (Å²) in [5.41, 5.74) is 0.725. The van der Waals surface area contributed by atoms with Gasteiger partial charge in [-0.25, -0.2) is 4.79 Å². The van der Waals surface area contributed by atoms with E-state index in [1.807, 2.05) is 13.0 Å². The molecule has 82 valence electrons. The van der Waals surface area contributed by atoms with Crippen LogP contribution in [-0.4, -0.2) is 12.6 Å². The normalized spacial score (nSPS) is 11.5. The van der Waals surface area contributed by atoms with Gasteiger partial charge in [-0.15, -0.1) is 0 Å². The number of allylic oxidation sites excluding steroid dienone is 1. The Morgan fingerprint density at radius 2 is 1.93 bits per heavy atom. The Bertz CT molecular complexity index is 183. The van der Waals surface area contributed by atoms with Crippen LogP contribution in [0.1, 0.15) is 52.9 Å². The fraction of sp³-hybridized carbons (Fsp3) is 0.750. The molecular formula is C12H22O2. The summed E-state index contributed by atoms with van der Waals surface area (Å²) in [6.45, 7) is 6.55. The lowest BCUT2D eigenvalue weighted by molar-refractivity contribution is -0.139. The lowest BCUT2D eigenvalue weighted by Gasteiger charge is -2.04. The molecule has 0 amide bonds. The quantitative estimate of drug-likeness (QED) is 0.356. The van der Waals surface area contributed by atoms with Gasteiger partial charge in [0.25, 0.3) is 0 Å². The molecule has 14 heavy (non-hydrogen) atoms. The minimum absolute atomic E-state index is 0.164. The number of rotatable bonds is 7. The van der Waals surface area contributed by atoms with Gasteiger partial charge in [0.05, 0.1) is 6.61 Å². The van der Waals surface area contributed by atoms with Crippen LogP contribution in [0, 0.1) is 0 Å². The maximum absolute atomic E-state index is 11.3. The molecule has 0 N–H and O–H groups in total. The topological polar surface area (TPSA) is 26.3 Å². The highest BCUT2D eigenvalue weighted by Crippen LogP contribution is 2.02. The molecule has 0 saturated heterocycles. The Morgan fingerprint density at radius 1 is 1.21 bits per heavy atom. The molecule has 2 heteroatoms. The molecule has 0 unspecified atom stereocenters. The van der Waals surface area contributed by atoms with E-state index in [0.717, 1.165) is 24.8 Å². The van der Waals surface area contributed by atoms with Crippen LogP contribution < -0.4 is 0 Å². The first-order chi connectivity index (χ1) is 6.72. The number of carbonyl (C=O) groups is 1. The van der Waals surface area contributed by atoms with Crippen molar-refractivity contribution in [3.8, 4) is 0 Å². The Labute approximate surface area is 87.3 Å². The molecule has 0 radical (unpaired) electrons. The van der Waals surface area contributed by atoms with Gasteiger partial charge in [-0.3, -0.25) is 0 Å². The van der Waals surface area contributed by atoms with Crippen molar-refractivity contribution in [3.05, 3.63) is 11.6 Å². The van der Waals surface area contributed by atoms with Gasteiger partial charge in [-0.2, -0.15) is 0 Å². The zero-order valence-corrected chi connectivity index (χ0v) is 9.64. The zero-order chi connectivity index (χ0) is 10.8. The van der Waals surface area contributed by atoms with E-state index < -0.39 is 0 Å². The molecule has 0 saturated carbocycles. The predicted molar refractivity (Wildman–Crippen MR) is 59.1 cm³/mol. The van der Waals surface area contributed by atoms with Crippen LogP contribution in [0.2, 0.25) is 0 Å². The van der Waals surface area contributed by atoms with Crippen molar-refractivity contribution in [2.75, 3.05) is 6.61 Å². The van der Waals surface area contributed by atoms with Crippen molar-refractivity contribution >= 4 is 5.97 Å². The number of ether oxygens (including phenoxy) is 1. The Kier molecular flexibility index (Phi) is 8.30. The highest BCUT2D eigenvalue weighted by atomic mass is 16.5. The molecule has 0 aliphatic rings. The molecule has 0 atom stereocenters. The Balaban J connectivity index is 3.49. The van der Waals surface area contributed by atoms with Crippen molar-refractivity contribution in [3.63, 3.8) is 0 Å². The average Bonchev–Trinajstić information content (AvgIpc) is 2.17. The monoisotopic (exact) mass is 198 g/mol. The van der Waals surface area contributed by atoms with Crippen LogP contribution in [0.4, 0.5) is 0 Å². The SMILES string of the molecule is CC/C=C(\C)C(=O)OCCCCCC. The third-order valence-corrected chi connectivity index (χ3v) is 2.06. The minimum Gasteiger partial charge on any atom is -0.462 e. The number of unbranched alkanes of at least 4 members (excludes halogenated alkanes) is 3. The van der Waals surface area contributed by atoms with Crippen molar-refractivity contribution in [2.45, 2.75) is 52.9 Å². The fourth-order valence-corrected chi connectivity index (χ4v) is 1.20. The van der Waals surface area contributed by atoms with Gasteiger partial charge in [0.1, 0.15) is 0 Å². The molecular weight excluding hydrogens is 176 g/mol. The summed E-state index contributed by atoms with van der Waals surface area (Å²) in [4.78, 5) is 11.3. The van der Waals surface area contributed by atoms with E-state index in [-0.39, 0.29) is 5.97 Å². The average molecular weight is 198 g/mol. The van der Waals surface area contributed by atoms with E-state index in [1.165, 1.54) is 12.8 Å². The molecule has 2 nitrogen and oxygen atoms in total. The first-order valence-corrected chi connectivity index (χ1v) is 5.56. The van der Waals surface area contributed by atoms with Crippen LogP contribution in [0.25, 0.3) is 0 Å². The summed E-state index contributed by atoms with van der Waals surface area (Å²) in [5.74, 6) is -0.164. The highest BCUT2D eigenvalue weighted by Gasteiger charge is 2.03. The fourth-order valence-electron chi connectivity index (χ4n) is 1.20. The van der Waals surface area contributed by atoms with Gasteiger partial charge in [-0.05, 0) is 19.8 Å². The van der Waals surface area contributed by atoms with E-state index >= 15 is 0 Å². The Hall–Kier alpha value is -0.790. The molecule has 0 bridgehead atoms. The summed E-state index contributed by atoms with van der Waals surface area (Å²) >= 11 is 0. The number of esters is 1. The summed E-state index contributed by atoms with van der Waals surface area (Å²) in [6, 6.07) is 0. The molecule has 0 aromatic heterocycles. The molecule has 0 spiro atoms. The van der Waals surface area contributed by atoms with Crippen molar-refractivity contribution in [1.82, 2.24) is 0 Å². The van der Waals surface area contributed by atoms with Gasteiger partial charge in [-0.1, -0.05) is 39.2 Å². The highest BCUT2D eigenvalue weighted by molar-refractivity contribution is 5.87. The standard InChI is InChI=1S/C12H22O2/c1-4-6-7-8-10-14-12(13)11(3)9-5-2/h9H,4-8,10H2,1-3H3/b11-9+. The number of carbonyl (C=O) groups excluding carboxylic acids is 1. The number of hydrogen-bond acceptors (Lipinski definition) is 2. The Morgan fingerprint density at radius 3 is 2.50 bits per heavy atom. The van der Waals surface area contributed by atoms with Crippen molar-refractivity contribution in [1.29, 1.82) is 0 Å². The summed E-state index contributed by atoms with van der Waals surface area (Å²) in [6.07, 6.45) is 7.36. The smallest absolute Gasteiger partial charge is 0.333 e. The van der Waals surface area contributed by atoms with Gasteiger partial charge in [0, 0.05) is 5.57 Å². The predicted octanol–water partition coefficient (Wildman–Crippen LogP) is 3.47. The minimum atomic E-state index is -0.164. The van der Waals surface area contributed by atoms with Gasteiger partial charge in [0.15, 0.2) is 0 Å². The molecule has 0 aliphatic carbocycles.